The average molecular weight is 544 g/mol. The molecule has 39 heavy (non-hydrogen) atoms. The zero-order valence-electron chi connectivity index (χ0n) is 21.3. The van der Waals surface area contributed by atoms with Crippen LogP contribution in [0.25, 0.3) is 0 Å². The summed E-state index contributed by atoms with van der Waals surface area (Å²) in [6, 6.07) is 6.76. The third-order valence-electron chi connectivity index (χ3n) is 5.73. The lowest BCUT2D eigenvalue weighted by atomic mass is 10.0. The quantitative estimate of drug-likeness (QED) is 0.146. The van der Waals surface area contributed by atoms with E-state index in [0.717, 1.165) is 0 Å². The van der Waals surface area contributed by atoms with E-state index in [1.165, 1.54) is 43.3 Å². The minimum atomic E-state index is -1.39. The number of rotatable bonds is 14. The van der Waals surface area contributed by atoms with Gasteiger partial charge < -0.3 is 42.7 Å². The van der Waals surface area contributed by atoms with Gasteiger partial charge >= 0.3 is 5.97 Å². The van der Waals surface area contributed by atoms with Gasteiger partial charge in [-0.05, 0) is 48.7 Å². The summed E-state index contributed by atoms with van der Waals surface area (Å²) in [4.78, 5) is 61.8. The molecule has 4 unspecified atom stereocenters. The largest absolute Gasteiger partial charge is 0.508 e. The van der Waals surface area contributed by atoms with Crippen LogP contribution < -0.4 is 27.4 Å². The molecule has 13 heteroatoms. The number of hydrogen-bond acceptors (Lipinski definition) is 8. The molecule has 0 saturated carbocycles. The number of amides is 4. The number of carboxylic acids is 1. The van der Waals surface area contributed by atoms with Crippen LogP contribution in [0.1, 0.15) is 30.9 Å². The number of carboxylic acid groups (broad SMARTS) is 1. The van der Waals surface area contributed by atoms with Gasteiger partial charge in [0, 0.05) is 19.3 Å². The van der Waals surface area contributed by atoms with Crippen LogP contribution in [0.3, 0.4) is 0 Å². The van der Waals surface area contributed by atoms with E-state index in [9.17, 15) is 39.3 Å². The topological polar surface area (TPSA) is 234 Å². The van der Waals surface area contributed by atoms with Gasteiger partial charge in [-0.2, -0.15) is 0 Å². The van der Waals surface area contributed by atoms with E-state index in [2.05, 4.69) is 16.0 Å². The standard InChI is InChI=1S/C26H33N5O8/c1-14(27)23(35)30-20(12-15-2-6-17(32)7-3-15)25(37)29-19(10-11-22(28)34)24(36)31-21(26(38)39)13-16-4-8-18(33)9-5-16/h2-9,14,19-21,32-33H,10-13,27H2,1H3,(H2,28,34)(H,29,37)(H,30,35)(H,31,36)(H,38,39). The molecule has 10 N–H and O–H groups in total. The summed E-state index contributed by atoms with van der Waals surface area (Å²) < 4.78 is 0. The monoisotopic (exact) mass is 543 g/mol. The number of aliphatic carboxylic acids is 1. The Morgan fingerprint density at radius 3 is 1.56 bits per heavy atom. The number of carbonyl (C=O) groups excluding carboxylic acids is 4. The van der Waals surface area contributed by atoms with Crippen molar-refractivity contribution in [2.75, 3.05) is 0 Å². The highest BCUT2D eigenvalue weighted by molar-refractivity contribution is 5.94. The van der Waals surface area contributed by atoms with Crippen molar-refractivity contribution in [3.05, 3.63) is 59.7 Å². The number of hydrogen-bond donors (Lipinski definition) is 8. The Bertz CT molecular complexity index is 1170. The van der Waals surface area contributed by atoms with Crippen molar-refractivity contribution < 1.29 is 39.3 Å². The summed E-state index contributed by atoms with van der Waals surface area (Å²) in [6.45, 7) is 1.42. The second-order valence-electron chi connectivity index (χ2n) is 9.06. The van der Waals surface area contributed by atoms with E-state index in [1.807, 2.05) is 0 Å². The first-order valence-electron chi connectivity index (χ1n) is 12.1. The van der Waals surface area contributed by atoms with Crippen molar-refractivity contribution in [3.63, 3.8) is 0 Å². The van der Waals surface area contributed by atoms with Crippen LogP contribution in [0, 0.1) is 0 Å². The van der Waals surface area contributed by atoms with Gasteiger partial charge in [-0.15, -0.1) is 0 Å². The fourth-order valence-corrected chi connectivity index (χ4v) is 3.55. The van der Waals surface area contributed by atoms with Crippen LogP contribution in [-0.4, -0.2) is 69.1 Å². The van der Waals surface area contributed by atoms with E-state index < -0.39 is 53.8 Å². The SMILES string of the molecule is CC(N)C(=O)NC(Cc1ccc(O)cc1)C(=O)NC(CCC(N)=O)C(=O)NC(Cc1ccc(O)cc1)C(=O)O. The van der Waals surface area contributed by atoms with Gasteiger partial charge in [-0.3, -0.25) is 19.2 Å². The zero-order valence-corrected chi connectivity index (χ0v) is 21.3. The molecule has 0 fully saturated rings. The van der Waals surface area contributed by atoms with Crippen LogP contribution in [0.4, 0.5) is 0 Å². The Kier molecular flexibility index (Phi) is 11.2. The molecular formula is C26H33N5O8. The maximum Gasteiger partial charge on any atom is 0.326 e. The Morgan fingerprint density at radius 2 is 1.13 bits per heavy atom. The van der Waals surface area contributed by atoms with Crippen LogP contribution in [-0.2, 0) is 36.8 Å². The molecule has 0 aliphatic heterocycles. The zero-order chi connectivity index (χ0) is 29.1. The third kappa shape index (κ3) is 10.3. The number of nitrogens with one attached hydrogen (secondary N) is 3. The summed E-state index contributed by atoms with van der Waals surface area (Å²) in [6.07, 6.45) is -0.659. The summed E-state index contributed by atoms with van der Waals surface area (Å²) in [7, 11) is 0. The summed E-state index contributed by atoms with van der Waals surface area (Å²) >= 11 is 0. The van der Waals surface area contributed by atoms with E-state index in [-0.39, 0.29) is 37.2 Å². The molecule has 0 aromatic heterocycles. The highest BCUT2D eigenvalue weighted by atomic mass is 16.4. The fourth-order valence-electron chi connectivity index (χ4n) is 3.55. The molecule has 0 aliphatic rings. The van der Waals surface area contributed by atoms with Crippen molar-refractivity contribution in [1.82, 2.24) is 16.0 Å². The third-order valence-corrected chi connectivity index (χ3v) is 5.73. The average Bonchev–Trinajstić information content (AvgIpc) is 2.87. The van der Waals surface area contributed by atoms with Crippen LogP contribution in [0.15, 0.2) is 48.5 Å². The number of phenols is 2. The molecule has 0 saturated heterocycles. The van der Waals surface area contributed by atoms with E-state index in [1.54, 1.807) is 12.1 Å². The minimum absolute atomic E-state index is 0.00263. The number of phenolic OH excluding ortho intramolecular Hbond substituents is 2. The van der Waals surface area contributed by atoms with E-state index in [0.29, 0.717) is 11.1 Å². The molecule has 0 bridgehead atoms. The summed E-state index contributed by atoms with van der Waals surface area (Å²) in [5.74, 6) is -4.39. The molecule has 4 atom stereocenters. The lowest BCUT2D eigenvalue weighted by molar-refractivity contribution is -0.142. The molecule has 2 aromatic carbocycles. The molecule has 210 valence electrons. The van der Waals surface area contributed by atoms with E-state index in [4.69, 9.17) is 11.5 Å². The van der Waals surface area contributed by atoms with Crippen molar-refractivity contribution >= 4 is 29.6 Å². The molecule has 2 rings (SSSR count). The minimum Gasteiger partial charge on any atom is -0.508 e. The lowest BCUT2D eigenvalue weighted by Crippen LogP contribution is -2.57. The number of primary amides is 1. The molecular weight excluding hydrogens is 510 g/mol. The number of carbonyl (C=O) groups is 5. The predicted molar refractivity (Wildman–Crippen MR) is 139 cm³/mol. The first kappa shape index (κ1) is 30.6. The second-order valence-corrected chi connectivity index (χ2v) is 9.06. The Morgan fingerprint density at radius 1 is 0.718 bits per heavy atom. The molecule has 4 amide bonds. The number of benzene rings is 2. The van der Waals surface area contributed by atoms with Crippen molar-refractivity contribution in [1.29, 1.82) is 0 Å². The Balaban J connectivity index is 2.23. The highest BCUT2D eigenvalue weighted by Gasteiger charge is 2.30. The summed E-state index contributed by atoms with van der Waals surface area (Å²) in [5, 5.41) is 35.9. The first-order chi connectivity index (χ1) is 18.3. The maximum atomic E-state index is 13.2. The summed E-state index contributed by atoms with van der Waals surface area (Å²) in [5.41, 5.74) is 11.9. The second kappa shape index (κ2) is 14.3. The molecule has 0 heterocycles. The van der Waals surface area contributed by atoms with Crippen LogP contribution >= 0.6 is 0 Å². The van der Waals surface area contributed by atoms with Gasteiger partial charge in [0.25, 0.3) is 0 Å². The molecule has 2 aromatic rings. The maximum absolute atomic E-state index is 13.2. The van der Waals surface area contributed by atoms with Gasteiger partial charge in [0.05, 0.1) is 6.04 Å². The first-order valence-corrected chi connectivity index (χ1v) is 12.1. The van der Waals surface area contributed by atoms with Crippen molar-refractivity contribution in [2.45, 2.75) is 56.8 Å². The normalized spacial score (nSPS) is 13.8. The smallest absolute Gasteiger partial charge is 0.326 e. The molecule has 0 radical (unpaired) electrons. The predicted octanol–water partition coefficient (Wildman–Crippen LogP) is -0.965. The Hall–Kier alpha value is -4.65. The van der Waals surface area contributed by atoms with Gasteiger partial charge in [-0.25, -0.2) is 4.79 Å². The van der Waals surface area contributed by atoms with Crippen LogP contribution in [0.2, 0.25) is 0 Å². The molecule has 13 nitrogen and oxygen atoms in total. The molecule has 0 spiro atoms. The van der Waals surface area contributed by atoms with E-state index >= 15 is 0 Å². The van der Waals surface area contributed by atoms with Crippen molar-refractivity contribution in [2.24, 2.45) is 11.5 Å². The number of nitrogens with two attached hydrogens (primary N) is 2. The van der Waals surface area contributed by atoms with Crippen molar-refractivity contribution in [3.8, 4) is 11.5 Å². The van der Waals surface area contributed by atoms with Gasteiger partial charge in [0.15, 0.2) is 0 Å². The molecule has 0 aliphatic carbocycles. The van der Waals surface area contributed by atoms with Gasteiger partial charge in [0.1, 0.15) is 29.6 Å². The highest BCUT2D eigenvalue weighted by Crippen LogP contribution is 2.13. The number of aromatic hydroxyl groups is 2. The van der Waals surface area contributed by atoms with Crippen LogP contribution in [0.5, 0.6) is 11.5 Å². The Labute approximate surface area is 224 Å². The van der Waals surface area contributed by atoms with Gasteiger partial charge in [0.2, 0.25) is 23.6 Å². The van der Waals surface area contributed by atoms with Gasteiger partial charge in [-0.1, -0.05) is 24.3 Å². The lowest BCUT2D eigenvalue weighted by Gasteiger charge is -2.25. The fraction of sp³-hybridized carbons (Fsp3) is 0.346.